The first-order valence-corrected chi connectivity index (χ1v) is 3.14. The van der Waals surface area contributed by atoms with Crippen molar-refractivity contribution < 1.29 is 17.7 Å². The van der Waals surface area contributed by atoms with Crippen molar-refractivity contribution in [2.45, 2.75) is 13.0 Å². The van der Waals surface area contributed by atoms with Crippen LogP contribution < -0.4 is 5.73 Å². The Morgan fingerprint density at radius 2 is 2.33 bits per heavy atom. The SMILES string of the molecule is CC(OS(=O)O)C(N)=O. The zero-order valence-electron chi connectivity index (χ0n) is 4.73. The van der Waals surface area contributed by atoms with Gasteiger partial charge in [-0.15, -0.1) is 0 Å². The zero-order valence-corrected chi connectivity index (χ0v) is 5.55. The first-order chi connectivity index (χ1) is 4.04. The molecule has 0 aliphatic heterocycles. The number of amides is 1. The Kier molecular flexibility index (Phi) is 3.36. The van der Waals surface area contributed by atoms with E-state index in [9.17, 15) is 9.00 Å². The third-order valence-electron chi connectivity index (χ3n) is 0.627. The number of primary amides is 1. The lowest BCUT2D eigenvalue weighted by Gasteiger charge is -2.01. The molecule has 0 aliphatic carbocycles. The van der Waals surface area contributed by atoms with Crippen LogP contribution in [0.5, 0.6) is 0 Å². The van der Waals surface area contributed by atoms with Crippen molar-refractivity contribution in [2.75, 3.05) is 0 Å². The van der Waals surface area contributed by atoms with Gasteiger partial charge in [-0.1, -0.05) is 0 Å². The van der Waals surface area contributed by atoms with Crippen molar-refractivity contribution in [1.82, 2.24) is 0 Å². The molecule has 1 amide bonds. The molecule has 0 heterocycles. The molecule has 2 atom stereocenters. The summed E-state index contributed by atoms with van der Waals surface area (Å²) in [4.78, 5) is 10.1. The summed E-state index contributed by atoms with van der Waals surface area (Å²) < 4.78 is 21.9. The van der Waals surface area contributed by atoms with Crippen molar-refractivity contribution in [2.24, 2.45) is 5.73 Å². The van der Waals surface area contributed by atoms with Crippen molar-refractivity contribution in [3.8, 4) is 0 Å². The Bertz CT molecular complexity index is 136. The first kappa shape index (κ1) is 8.54. The zero-order chi connectivity index (χ0) is 7.44. The molecule has 0 radical (unpaired) electrons. The van der Waals surface area contributed by atoms with Gasteiger partial charge < -0.3 is 5.73 Å². The normalized spacial score (nSPS) is 16.7. The number of nitrogens with two attached hydrogens (primary N) is 1. The smallest absolute Gasteiger partial charge is 0.302 e. The van der Waals surface area contributed by atoms with E-state index in [1.54, 1.807) is 0 Å². The van der Waals surface area contributed by atoms with Gasteiger partial charge >= 0.3 is 11.4 Å². The lowest BCUT2D eigenvalue weighted by molar-refractivity contribution is -0.123. The van der Waals surface area contributed by atoms with Gasteiger partial charge in [-0.2, -0.15) is 4.21 Å². The largest absolute Gasteiger partial charge is 0.367 e. The van der Waals surface area contributed by atoms with Gasteiger partial charge in [0, 0.05) is 0 Å². The lowest BCUT2D eigenvalue weighted by Crippen LogP contribution is -2.28. The highest BCUT2D eigenvalue weighted by Gasteiger charge is 2.10. The summed E-state index contributed by atoms with van der Waals surface area (Å²) in [5.74, 6) is -0.766. The Labute approximate surface area is 54.7 Å². The summed E-state index contributed by atoms with van der Waals surface area (Å²) in [6.07, 6.45) is -1.02. The van der Waals surface area contributed by atoms with E-state index in [0.717, 1.165) is 0 Å². The number of rotatable bonds is 3. The number of carbonyl (C=O) groups excluding carboxylic acids is 1. The molecule has 0 fully saturated rings. The van der Waals surface area contributed by atoms with E-state index in [-0.39, 0.29) is 0 Å². The van der Waals surface area contributed by atoms with E-state index >= 15 is 0 Å². The van der Waals surface area contributed by atoms with Gasteiger partial charge in [-0.25, -0.2) is 0 Å². The first-order valence-electron chi connectivity index (χ1n) is 2.11. The standard InChI is InChI=1S/C3H7NO4S/c1-2(3(4)5)8-9(6)7/h2H,1H3,(H2,4,5)(H,6,7). The van der Waals surface area contributed by atoms with Crippen LogP contribution in [0.15, 0.2) is 0 Å². The van der Waals surface area contributed by atoms with E-state index in [0.29, 0.717) is 0 Å². The molecule has 0 aromatic heterocycles. The molecule has 5 nitrogen and oxygen atoms in total. The molecule has 6 heteroatoms. The van der Waals surface area contributed by atoms with Crippen molar-refractivity contribution in [1.29, 1.82) is 0 Å². The molecule has 9 heavy (non-hydrogen) atoms. The quantitative estimate of drug-likeness (QED) is 0.509. The second-order valence-electron chi connectivity index (χ2n) is 1.36. The van der Waals surface area contributed by atoms with Crippen LogP contribution in [0.25, 0.3) is 0 Å². The summed E-state index contributed by atoms with van der Waals surface area (Å²) in [6, 6.07) is 0. The Morgan fingerprint density at radius 3 is 2.44 bits per heavy atom. The third-order valence-corrected chi connectivity index (χ3v) is 1.08. The molecule has 0 rings (SSSR count). The van der Waals surface area contributed by atoms with E-state index in [1.165, 1.54) is 6.92 Å². The summed E-state index contributed by atoms with van der Waals surface area (Å²) >= 11 is -2.42. The van der Waals surface area contributed by atoms with E-state index < -0.39 is 23.4 Å². The molecule has 0 aromatic carbocycles. The van der Waals surface area contributed by atoms with Crippen LogP contribution >= 0.6 is 0 Å². The van der Waals surface area contributed by atoms with Gasteiger partial charge in [0.25, 0.3) is 0 Å². The predicted octanol–water partition coefficient (Wildman–Crippen LogP) is -0.987. The summed E-state index contributed by atoms with van der Waals surface area (Å²) in [6.45, 7) is 1.29. The van der Waals surface area contributed by atoms with Gasteiger partial charge in [0.15, 0.2) is 6.10 Å². The molecule has 0 aromatic rings. The monoisotopic (exact) mass is 153 g/mol. The molecular formula is C3H7NO4S. The molecule has 3 N–H and O–H groups in total. The topological polar surface area (TPSA) is 89.6 Å². The Balaban J connectivity index is 3.63. The molecular weight excluding hydrogens is 146 g/mol. The minimum Gasteiger partial charge on any atom is -0.367 e. The van der Waals surface area contributed by atoms with Crippen molar-refractivity contribution in [3.05, 3.63) is 0 Å². The average Bonchev–Trinajstić information content (AvgIpc) is 1.63. The van der Waals surface area contributed by atoms with Gasteiger partial charge in [-0.3, -0.25) is 13.5 Å². The molecule has 54 valence electrons. The fraction of sp³-hybridized carbons (Fsp3) is 0.667. The number of hydrogen-bond acceptors (Lipinski definition) is 3. The average molecular weight is 153 g/mol. The number of hydrogen-bond donors (Lipinski definition) is 2. The van der Waals surface area contributed by atoms with Gasteiger partial charge in [0.2, 0.25) is 5.91 Å². The van der Waals surface area contributed by atoms with Crippen LogP contribution in [-0.4, -0.2) is 20.8 Å². The minimum atomic E-state index is -2.42. The van der Waals surface area contributed by atoms with Crippen LogP contribution in [0.1, 0.15) is 6.92 Å². The van der Waals surface area contributed by atoms with E-state index in [2.05, 4.69) is 9.92 Å². The predicted molar refractivity (Wildman–Crippen MR) is 30.5 cm³/mol. The summed E-state index contributed by atoms with van der Waals surface area (Å²) in [7, 11) is 0. The molecule has 0 saturated heterocycles. The lowest BCUT2D eigenvalue weighted by atomic mass is 10.4. The van der Waals surface area contributed by atoms with Gasteiger partial charge in [-0.05, 0) is 6.92 Å². The fourth-order valence-corrected chi connectivity index (χ4v) is 0.513. The highest BCUT2D eigenvalue weighted by molar-refractivity contribution is 7.74. The highest BCUT2D eigenvalue weighted by Crippen LogP contribution is 1.89. The van der Waals surface area contributed by atoms with Crippen LogP contribution in [-0.2, 0) is 20.3 Å². The minimum absolute atomic E-state index is 0.766. The molecule has 0 spiro atoms. The second-order valence-corrected chi connectivity index (χ2v) is 1.98. The van der Waals surface area contributed by atoms with Crippen LogP contribution in [0, 0.1) is 0 Å². The Hall–Kier alpha value is -0.460. The molecule has 0 bridgehead atoms. The fourth-order valence-electron chi connectivity index (χ4n) is 0.171. The third kappa shape index (κ3) is 4.07. The van der Waals surface area contributed by atoms with Crippen LogP contribution in [0.3, 0.4) is 0 Å². The maximum atomic E-state index is 10.1. The molecule has 2 unspecified atom stereocenters. The van der Waals surface area contributed by atoms with Gasteiger partial charge in [0.1, 0.15) is 0 Å². The van der Waals surface area contributed by atoms with Crippen LogP contribution in [0.2, 0.25) is 0 Å². The summed E-state index contributed by atoms with van der Waals surface area (Å²) in [5.41, 5.74) is 4.67. The van der Waals surface area contributed by atoms with Crippen LogP contribution in [0.4, 0.5) is 0 Å². The second kappa shape index (κ2) is 3.54. The molecule has 0 aliphatic rings. The van der Waals surface area contributed by atoms with Crippen molar-refractivity contribution in [3.63, 3.8) is 0 Å². The van der Waals surface area contributed by atoms with Gasteiger partial charge in [0.05, 0.1) is 0 Å². The maximum Gasteiger partial charge on any atom is 0.302 e. The van der Waals surface area contributed by atoms with E-state index in [1.807, 2.05) is 0 Å². The maximum absolute atomic E-state index is 10.1. The Morgan fingerprint density at radius 1 is 1.89 bits per heavy atom. The molecule has 0 saturated carbocycles. The van der Waals surface area contributed by atoms with E-state index in [4.69, 9.17) is 4.55 Å². The number of carbonyl (C=O) groups is 1. The highest BCUT2D eigenvalue weighted by atomic mass is 32.2. The van der Waals surface area contributed by atoms with Crippen molar-refractivity contribution >= 4 is 17.3 Å². The summed E-state index contributed by atoms with van der Waals surface area (Å²) in [5, 5.41) is 0.